The monoisotopic (exact) mass is 335 g/mol. The first-order valence-corrected chi connectivity index (χ1v) is 9.29. The van der Waals surface area contributed by atoms with Gasteiger partial charge in [-0.2, -0.15) is 5.10 Å². The average Bonchev–Trinajstić information content (AvgIpc) is 3.23. The van der Waals surface area contributed by atoms with E-state index >= 15 is 0 Å². The third-order valence-electron chi connectivity index (χ3n) is 7.15. The minimum Gasteiger partial charge on any atom is -0.327 e. The van der Waals surface area contributed by atoms with Crippen LogP contribution in [0.3, 0.4) is 0 Å². The van der Waals surface area contributed by atoms with E-state index in [0.29, 0.717) is 18.4 Å². The van der Waals surface area contributed by atoms with Gasteiger partial charge in [0.2, 0.25) is 0 Å². The molecule has 5 aliphatic rings. The first-order valence-electron chi connectivity index (χ1n) is 9.29. The maximum atomic E-state index is 13.2. The Balaban J connectivity index is 1.43. The predicted octanol–water partition coefficient (Wildman–Crippen LogP) is 2.38. The summed E-state index contributed by atoms with van der Waals surface area (Å²) < 4.78 is 2.10. The van der Waals surface area contributed by atoms with Crippen LogP contribution in [0.5, 0.6) is 0 Å². The molecule has 2 unspecified atom stereocenters. The molecule has 4 saturated carbocycles. The van der Waals surface area contributed by atoms with Crippen LogP contribution >= 0.6 is 0 Å². The molecule has 1 amide bonds. The molecule has 6 nitrogen and oxygen atoms in total. The molecular weight excluding hydrogens is 314 g/mol. The van der Waals surface area contributed by atoms with E-state index < -0.39 is 0 Å². The van der Waals surface area contributed by atoms with E-state index in [4.69, 9.17) is 0 Å². The first kappa shape index (κ1) is 14.0. The maximum Gasteiger partial charge on any atom is 0.256 e. The van der Waals surface area contributed by atoms with Gasteiger partial charge in [0.25, 0.3) is 5.91 Å². The molecule has 128 valence electrons. The normalized spacial score (nSPS) is 38.4. The van der Waals surface area contributed by atoms with Gasteiger partial charge in [0, 0.05) is 11.7 Å². The number of fused-ring (bicyclic) bond motifs is 1. The van der Waals surface area contributed by atoms with Gasteiger partial charge in [-0.1, -0.05) is 0 Å². The van der Waals surface area contributed by atoms with Crippen molar-refractivity contribution in [2.45, 2.75) is 56.1 Å². The van der Waals surface area contributed by atoms with Crippen LogP contribution in [-0.4, -0.2) is 36.1 Å². The topological polar surface area (TPSA) is 63.9 Å². The van der Waals surface area contributed by atoms with Crippen LogP contribution in [0.25, 0.3) is 0 Å². The van der Waals surface area contributed by atoms with Gasteiger partial charge in [-0.25, -0.2) is 9.67 Å². The molecule has 6 heteroatoms. The van der Waals surface area contributed by atoms with Gasteiger partial charge in [-0.3, -0.25) is 9.78 Å². The van der Waals surface area contributed by atoms with Crippen molar-refractivity contribution in [3.63, 3.8) is 0 Å². The highest BCUT2D eigenvalue weighted by Crippen LogP contribution is 2.62. The first-order chi connectivity index (χ1) is 12.2. The minimum atomic E-state index is -0.0339. The number of nitrogens with zero attached hydrogens (tertiary/aromatic N) is 5. The molecule has 4 atom stereocenters. The van der Waals surface area contributed by atoms with Crippen LogP contribution in [0, 0.1) is 11.8 Å². The molecule has 7 rings (SSSR count). The lowest BCUT2D eigenvalue weighted by Crippen LogP contribution is -2.65. The fourth-order valence-electron chi connectivity index (χ4n) is 6.71. The van der Waals surface area contributed by atoms with Crippen LogP contribution in [-0.2, 0) is 12.1 Å². The van der Waals surface area contributed by atoms with Crippen molar-refractivity contribution < 1.29 is 4.79 Å². The maximum absolute atomic E-state index is 13.2. The summed E-state index contributed by atoms with van der Waals surface area (Å²) in [4.78, 5) is 24.0. The second kappa shape index (κ2) is 4.48. The van der Waals surface area contributed by atoms with Crippen LogP contribution in [0.1, 0.15) is 54.6 Å². The summed E-state index contributed by atoms with van der Waals surface area (Å²) in [6.45, 7) is 0.669. The number of carbonyl (C=O) groups is 1. The van der Waals surface area contributed by atoms with Gasteiger partial charge in [0.15, 0.2) is 0 Å². The molecule has 0 N–H and O–H groups in total. The zero-order chi connectivity index (χ0) is 16.6. The number of rotatable bonds is 2. The van der Waals surface area contributed by atoms with E-state index in [9.17, 15) is 4.79 Å². The quantitative estimate of drug-likeness (QED) is 0.845. The molecule has 4 bridgehead atoms. The summed E-state index contributed by atoms with van der Waals surface area (Å²) in [5.41, 5.74) is 1.75. The van der Waals surface area contributed by atoms with E-state index in [1.807, 2.05) is 18.5 Å². The zero-order valence-corrected chi connectivity index (χ0v) is 14.1. The van der Waals surface area contributed by atoms with Gasteiger partial charge in [-0.05, 0) is 62.5 Å². The van der Waals surface area contributed by atoms with Crippen molar-refractivity contribution in [1.29, 1.82) is 0 Å². The Morgan fingerprint density at radius 3 is 2.64 bits per heavy atom. The van der Waals surface area contributed by atoms with E-state index in [1.165, 1.54) is 19.3 Å². The Morgan fingerprint density at radius 2 is 1.92 bits per heavy atom. The van der Waals surface area contributed by atoms with Gasteiger partial charge >= 0.3 is 0 Å². The fraction of sp³-hybridized carbons (Fsp3) is 0.579. The van der Waals surface area contributed by atoms with Gasteiger partial charge in [-0.15, -0.1) is 0 Å². The second-order valence-electron chi connectivity index (χ2n) is 8.64. The summed E-state index contributed by atoms with van der Waals surface area (Å²) in [6.07, 6.45) is 12.3. The molecule has 0 saturated heterocycles. The van der Waals surface area contributed by atoms with Gasteiger partial charge < -0.3 is 4.90 Å². The summed E-state index contributed by atoms with van der Waals surface area (Å²) >= 11 is 0. The fourth-order valence-corrected chi connectivity index (χ4v) is 6.71. The molecule has 0 aromatic carbocycles. The van der Waals surface area contributed by atoms with Crippen molar-refractivity contribution in [3.8, 4) is 0 Å². The summed E-state index contributed by atoms with van der Waals surface area (Å²) in [5, 5.41) is 4.51. The number of aromatic nitrogens is 4. The Hall–Kier alpha value is -2.24. The van der Waals surface area contributed by atoms with Gasteiger partial charge in [0.1, 0.15) is 12.7 Å². The SMILES string of the molecule is O=C1c2cccnc2CN1C12C[C@H]3C[C@@H](C1)CC(n1cncn1)(C3)C2. The average molecular weight is 335 g/mol. The molecular formula is C19H21N5O. The van der Waals surface area contributed by atoms with Crippen molar-refractivity contribution in [2.24, 2.45) is 11.8 Å². The number of amides is 1. The number of pyridine rings is 1. The van der Waals surface area contributed by atoms with E-state index in [2.05, 4.69) is 24.6 Å². The summed E-state index contributed by atoms with van der Waals surface area (Å²) in [6, 6.07) is 3.80. The molecule has 3 heterocycles. The van der Waals surface area contributed by atoms with Crippen LogP contribution in [0.15, 0.2) is 31.0 Å². The lowest BCUT2D eigenvalue weighted by Gasteiger charge is -2.64. The molecule has 4 aliphatic carbocycles. The molecule has 1 aliphatic heterocycles. The Kier molecular flexibility index (Phi) is 2.51. The summed E-state index contributed by atoms with van der Waals surface area (Å²) in [5.74, 6) is 1.56. The van der Waals surface area contributed by atoms with Crippen molar-refractivity contribution in [2.75, 3.05) is 0 Å². The second-order valence-corrected chi connectivity index (χ2v) is 8.64. The largest absolute Gasteiger partial charge is 0.327 e. The highest BCUT2D eigenvalue weighted by molar-refractivity contribution is 5.98. The minimum absolute atomic E-state index is 0.0339. The number of hydrogen-bond acceptors (Lipinski definition) is 4. The smallest absolute Gasteiger partial charge is 0.256 e. The number of carbonyl (C=O) groups excluding carboxylic acids is 1. The number of hydrogen-bond donors (Lipinski definition) is 0. The van der Waals surface area contributed by atoms with E-state index in [-0.39, 0.29) is 17.0 Å². The van der Waals surface area contributed by atoms with Gasteiger partial charge in [0.05, 0.1) is 23.3 Å². The molecule has 4 fully saturated rings. The van der Waals surface area contributed by atoms with Crippen molar-refractivity contribution in [3.05, 3.63) is 42.2 Å². The third-order valence-corrected chi connectivity index (χ3v) is 7.15. The lowest BCUT2D eigenvalue weighted by molar-refractivity contribution is -0.117. The van der Waals surface area contributed by atoms with Crippen molar-refractivity contribution in [1.82, 2.24) is 24.6 Å². The van der Waals surface area contributed by atoms with Crippen LogP contribution < -0.4 is 0 Å². The van der Waals surface area contributed by atoms with E-state index in [1.54, 1.807) is 12.5 Å². The molecule has 2 aromatic rings. The summed E-state index contributed by atoms with van der Waals surface area (Å²) in [7, 11) is 0. The Labute approximate surface area is 146 Å². The molecule has 0 radical (unpaired) electrons. The predicted molar refractivity (Wildman–Crippen MR) is 89.5 cm³/mol. The highest BCUT2D eigenvalue weighted by atomic mass is 16.2. The molecule has 2 aromatic heterocycles. The Bertz CT molecular complexity index is 846. The standard InChI is InChI=1S/C19H21N5O/c25-17-15-2-1-3-21-16(15)9-23(17)18-5-13-4-14(6-18)8-19(7-13,10-18)24-12-20-11-22-24/h1-3,11-14H,4-10H2/t13-,14+,18?,19?. The molecule has 25 heavy (non-hydrogen) atoms. The lowest BCUT2D eigenvalue weighted by atomic mass is 9.49. The van der Waals surface area contributed by atoms with Crippen LogP contribution in [0.4, 0.5) is 0 Å². The highest BCUT2D eigenvalue weighted by Gasteiger charge is 2.62. The third kappa shape index (κ3) is 1.75. The van der Waals surface area contributed by atoms with E-state index in [0.717, 1.165) is 30.5 Å². The Morgan fingerprint density at radius 1 is 1.12 bits per heavy atom. The van der Waals surface area contributed by atoms with Crippen LogP contribution in [0.2, 0.25) is 0 Å². The molecule has 0 spiro atoms. The zero-order valence-electron chi connectivity index (χ0n) is 14.1. The van der Waals surface area contributed by atoms with Crippen molar-refractivity contribution >= 4 is 5.91 Å².